The molecule has 3 rings (SSSR count). The van der Waals surface area contributed by atoms with Gasteiger partial charge in [0.2, 0.25) is 0 Å². The topological polar surface area (TPSA) is 78.0 Å². The number of nitrogens with one attached hydrogen (secondary N) is 2. The summed E-state index contributed by atoms with van der Waals surface area (Å²) >= 11 is 0. The van der Waals surface area contributed by atoms with Gasteiger partial charge in [0.1, 0.15) is 0 Å². The lowest BCUT2D eigenvalue weighted by molar-refractivity contribution is 0.0916. The number of aliphatic hydroxyl groups is 1. The van der Waals surface area contributed by atoms with Crippen molar-refractivity contribution in [2.45, 2.75) is 12.5 Å². The van der Waals surface area contributed by atoms with Gasteiger partial charge in [-0.25, -0.2) is 0 Å². The summed E-state index contributed by atoms with van der Waals surface area (Å²) in [5, 5.41) is 19.7. The van der Waals surface area contributed by atoms with E-state index in [4.69, 9.17) is 0 Å². The molecule has 5 heteroatoms. The van der Waals surface area contributed by atoms with Crippen LogP contribution in [0.25, 0.3) is 11.3 Å². The smallest absolute Gasteiger partial charge is 0.255 e. The number of rotatable bonds is 6. The first-order valence-electron chi connectivity index (χ1n) is 7.83. The predicted molar refractivity (Wildman–Crippen MR) is 92.5 cm³/mol. The molecule has 0 spiro atoms. The Kier molecular flexibility index (Phi) is 5.03. The van der Waals surface area contributed by atoms with Gasteiger partial charge in [-0.3, -0.25) is 9.89 Å². The number of carbonyl (C=O) groups excluding carboxylic acids is 1. The Balaban J connectivity index is 1.61. The molecule has 3 aromatic rings. The van der Waals surface area contributed by atoms with E-state index in [1.807, 2.05) is 60.7 Å². The lowest BCUT2D eigenvalue weighted by Crippen LogP contribution is -2.33. The third-order valence-electron chi connectivity index (χ3n) is 3.76. The first-order valence-corrected chi connectivity index (χ1v) is 7.83. The second kappa shape index (κ2) is 7.57. The van der Waals surface area contributed by atoms with Gasteiger partial charge in [-0.1, -0.05) is 60.7 Å². The minimum Gasteiger partial charge on any atom is -0.391 e. The van der Waals surface area contributed by atoms with Gasteiger partial charge in [-0.15, -0.1) is 0 Å². The number of carbonyl (C=O) groups is 1. The molecule has 24 heavy (non-hydrogen) atoms. The number of aromatic amines is 1. The molecule has 0 radical (unpaired) electrons. The number of benzene rings is 2. The zero-order chi connectivity index (χ0) is 16.8. The van der Waals surface area contributed by atoms with Crippen LogP contribution >= 0.6 is 0 Å². The van der Waals surface area contributed by atoms with Crippen molar-refractivity contribution >= 4 is 5.91 Å². The molecule has 1 unspecified atom stereocenters. The fourth-order valence-electron chi connectivity index (χ4n) is 2.55. The molecule has 3 N–H and O–H groups in total. The Morgan fingerprint density at radius 3 is 2.46 bits per heavy atom. The Morgan fingerprint density at radius 2 is 1.75 bits per heavy atom. The highest BCUT2D eigenvalue weighted by molar-refractivity contribution is 5.99. The van der Waals surface area contributed by atoms with E-state index in [-0.39, 0.29) is 12.5 Å². The molecule has 0 fully saturated rings. The second-order valence-corrected chi connectivity index (χ2v) is 5.58. The van der Waals surface area contributed by atoms with Crippen LogP contribution in [0, 0.1) is 0 Å². The molecule has 122 valence electrons. The molecule has 2 aromatic carbocycles. The van der Waals surface area contributed by atoms with Gasteiger partial charge in [0.05, 0.1) is 23.6 Å². The first kappa shape index (κ1) is 16.0. The van der Waals surface area contributed by atoms with E-state index in [0.717, 1.165) is 11.1 Å². The SMILES string of the molecule is O=C(NCC(O)Cc1ccccc1)c1cn[nH]c1-c1ccccc1. The standard InChI is InChI=1S/C19H19N3O2/c23-16(11-14-7-3-1-4-8-14)12-20-19(24)17-13-21-22-18(17)15-9-5-2-6-10-15/h1-10,13,16,23H,11-12H2,(H,20,24)(H,21,22). The number of H-pyrrole nitrogens is 1. The van der Waals surface area contributed by atoms with E-state index < -0.39 is 6.10 Å². The third kappa shape index (κ3) is 3.88. The van der Waals surface area contributed by atoms with E-state index in [2.05, 4.69) is 15.5 Å². The van der Waals surface area contributed by atoms with E-state index in [1.165, 1.54) is 6.20 Å². The molecule has 1 heterocycles. The number of hydrogen-bond acceptors (Lipinski definition) is 3. The van der Waals surface area contributed by atoms with E-state index in [0.29, 0.717) is 17.7 Å². The molecule has 1 atom stereocenters. The molecule has 5 nitrogen and oxygen atoms in total. The van der Waals surface area contributed by atoms with Gasteiger partial charge in [0, 0.05) is 18.5 Å². The normalized spacial score (nSPS) is 11.9. The Hall–Kier alpha value is -2.92. The summed E-state index contributed by atoms with van der Waals surface area (Å²) in [5.41, 5.74) is 3.07. The highest BCUT2D eigenvalue weighted by Crippen LogP contribution is 2.20. The van der Waals surface area contributed by atoms with Crippen LogP contribution in [0.4, 0.5) is 0 Å². The van der Waals surface area contributed by atoms with Crippen LogP contribution in [0.15, 0.2) is 66.9 Å². The molecule has 1 amide bonds. The van der Waals surface area contributed by atoms with Crippen LogP contribution in [-0.2, 0) is 6.42 Å². The van der Waals surface area contributed by atoms with Gasteiger partial charge in [-0.2, -0.15) is 5.10 Å². The van der Waals surface area contributed by atoms with Crippen LogP contribution in [0.5, 0.6) is 0 Å². The minimum atomic E-state index is -0.636. The Bertz CT molecular complexity index is 785. The summed E-state index contributed by atoms with van der Waals surface area (Å²) in [6.45, 7) is 0.188. The van der Waals surface area contributed by atoms with E-state index >= 15 is 0 Å². The molecule has 0 aliphatic heterocycles. The van der Waals surface area contributed by atoms with Crippen molar-refractivity contribution in [3.8, 4) is 11.3 Å². The summed E-state index contributed by atoms with van der Waals surface area (Å²) in [4.78, 5) is 12.4. The largest absolute Gasteiger partial charge is 0.391 e. The maximum atomic E-state index is 12.4. The van der Waals surface area contributed by atoms with Gasteiger partial charge >= 0.3 is 0 Å². The van der Waals surface area contributed by atoms with Gasteiger partial charge < -0.3 is 10.4 Å². The van der Waals surface area contributed by atoms with Crippen LogP contribution in [0.2, 0.25) is 0 Å². The lowest BCUT2D eigenvalue weighted by atomic mass is 10.1. The zero-order valence-electron chi connectivity index (χ0n) is 13.1. The zero-order valence-corrected chi connectivity index (χ0v) is 13.1. The Labute approximate surface area is 140 Å². The molecule has 0 bridgehead atoms. The van der Waals surface area contributed by atoms with Crippen molar-refractivity contribution in [2.75, 3.05) is 6.54 Å². The fraction of sp³-hybridized carbons (Fsp3) is 0.158. The van der Waals surface area contributed by atoms with Crippen molar-refractivity contribution in [3.63, 3.8) is 0 Å². The van der Waals surface area contributed by atoms with Crippen molar-refractivity contribution in [3.05, 3.63) is 78.0 Å². The highest BCUT2D eigenvalue weighted by Gasteiger charge is 2.16. The number of aliphatic hydroxyl groups excluding tert-OH is 1. The summed E-state index contributed by atoms with van der Waals surface area (Å²) < 4.78 is 0. The second-order valence-electron chi connectivity index (χ2n) is 5.58. The molecule has 0 aliphatic rings. The highest BCUT2D eigenvalue weighted by atomic mass is 16.3. The maximum absolute atomic E-state index is 12.4. The van der Waals surface area contributed by atoms with Gasteiger partial charge in [-0.05, 0) is 5.56 Å². The van der Waals surface area contributed by atoms with Crippen molar-refractivity contribution in [1.82, 2.24) is 15.5 Å². The first-order chi connectivity index (χ1) is 11.7. The molecule has 0 saturated heterocycles. The number of amides is 1. The molecule has 1 aromatic heterocycles. The molecule has 0 saturated carbocycles. The van der Waals surface area contributed by atoms with Crippen LogP contribution in [-0.4, -0.2) is 33.9 Å². The van der Waals surface area contributed by atoms with Crippen molar-refractivity contribution in [2.24, 2.45) is 0 Å². The number of hydrogen-bond donors (Lipinski definition) is 3. The van der Waals surface area contributed by atoms with Crippen molar-refractivity contribution < 1.29 is 9.90 Å². The fourth-order valence-corrected chi connectivity index (χ4v) is 2.55. The average molecular weight is 321 g/mol. The van der Waals surface area contributed by atoms with Crippen LogP contribution in [0.1, 0.15) is 15.9 Å². The van der Waals surface area contributed by atoms with E-state index in [9.17, 15) is 9.90 Å². The molecular weight excluding hydrogens is 302 g/mol. The summed E-state index contributed by atoms with van der Waals surface area (Å²) in [6, 6.07) is 19.2. The molecule has 0 aliphatic carbocycles. The monoisotopic (exact) mass is 321 g/mol. The third-order valence-corrected chi connectivity index (χ3v) is 3.76. The number of nitrogens with zero attached hydrogens (tertiary/aromatic N) is 1. The summed E-state index contributed by atoms with van der Waals surface area (Å²) in [5.74, 6) is -0.255. The van der Waals surface area contributed by atoms with Crippen molar-refractivity contribution in [1.29, 1.82) is 0 Å². The minimum absolute atomic E-state index is 0.188. The van der Waals surface area contributed by atoms with E-state index in [1.54, 1.807) is 0 Å². The Morgan fingerprint density at radius 1 is 1.08 bits per heavy atom. The van der Waals surface area contributed by atoms with Gasteiger partial charge in [0.25, 0.3) is 5.91 Å². The predicted octanol–water partition coefficient (Wildman–Crippen LogP) is 2.41. The number of aromatic nitrogens is 2. The quantitative estimate of drug-likeness (QED) is 0.652. The molecular formula is C19H19N3O2. The van der Waals surface area contributed by atoms with Gasteiger partial charge in [0.15, 0.2) is 0 Å². The summed E-state index contributed by atoms with van der Waals surface area (Å²) in [7, 11) is 0. The summed E-state index contributed by atoms with van der Waals surface area (Å²) in [6.07, 6.45) is 1.36. The maximum Gasteiger partial charge on any atom is 0.255 e. The van der Waals surface area contributed by atoms with Crippen LogP contribution in [0.3, 0.4) is 0 Å². The lowest BCUT2D eigenvalue weighted by Gasteiger charge is -2.12. The van der Waals surface area contributed by atoms with Crippen LogP contribution < -0.4 is 5.32 Å². The average Bonchev–Trinajstić information content (AvgIpc) is 3.11.